The van der Waals surface area contributed by atoms with Gasteiger partial charge in [0.25, 0.3) is 0 Å². The highest BCUT2D eigenvalue weighted by molar-refractivity contribution is 6.32. The Kier molecular flexibility index (Phi) is 4.48. The predicted octanol–water partition coefficient (Wildman–Crippen LogP) is 3.97. The molecule has 0 radical (unpaired) electrons. The number of hydrazone groups is 1. The summed E-state index contributed by atoms with van der Waals surface area (Å²) in [6, 6.07) is 6.04. The summed E-state index contributed by atoms with van der Waals surface area (Å²) in [5.41, 5.74) is 2.30. The van der Waals surface area contributed by atoms with Crippen molar-refractivity contribution >= 4 is 23.6 Å². The molecular formula is C15H11ClF3N3O2. The molecule has 9 heteroatoms. The lowest BCUT2D eigenvalue weighted by Crippen LogP contribution is -2.15. The fourth-order valence-corrected chi connectivity index (χ4v) is 2.19. The number of nitrogens with zero attached hydrogens (tertiary/aromatic N) is 2. The largest absolute Gasteiger partial charge is 0.486 e. The van der Waals surface area contributed by atoms with Crippen molar-refractivity contribution < 1.29 is 22.6 Å². The van der Waals surface area contributed by atoms with E-state index in [1.165, 1.54) is 6.21 Å². The molecule has 24 heavy (non-hydrogen) atoms. The van der Waals surface area contributed by atoms with Gasteiger partial charge in [-0.2, -0.15) is 18.3 Å². The molecule has 0 fully saturated rings. The fourth-order valence-electron chi connectivity index (χ4n) is 1.98. The molecule has 0 amide bonds. The summed E-state index contributed by atoms with van der Waals surface area (Å²) in [5, 5.41) is 3.74. The van der Waals surface area contributed by atoms with Crippen LogP contribution >= 0.6 is 11.6 Å². The van der Waals surface area contributed by atoms with Crippen molar-refractivity contribution in [3.05, 3.63) is 46.6 Å². The van der Waals surface area contributed by atoms with Crippen molar-refractivity contribution in [2.24, 2.45) is 5.10 Å². The molecule has 0 atom stereocenters. The number of halogens is 4. The zero-order valence-electron chi connectivity index (χ0n) is 12.1. The van der Waals surface area contributed by atoms with E-state index in [4.69, 9.17) is 21.1 Å². The summed E-state index contributed by atoms with van der Waals surface area (Å²) in [5.74, 6) is 1.29. The van der Waals surface area contributed by atoms with E-state index in [2.05, 4.69) is 15.5 Å². The molecule has 0 saturated carbocycles. The van der Waals surface area contributed by atoms with E-state index in [1.807, 2.05) is 0 Å². The second-order valence-electron chi connectivity index (χ2n) is 4.83. The van der Waals surface area contributed by atoms with E-state index in [-0.39, 0.29) is 10.8 Å². The maximum absolute atomic E-state index is 12.5. The first-order valence-corrected chi connectivity index (χ1v) is 7.23. The lowest BCUT2D eigenvalue weighted by Gasteiger charge is -2.18. The molecule has 2 heterocycles. The Hall–Kier alpha value is -2.48. The number of benzene rings is 1. The predicted molar refractivity (Wildman–Crippen MR) is 82.9 cm³/mol. The minimum Gasteiger partial charge on any atom is -0.486 e. The summed E-state index contributed by atoms with van der Waals surface area (Å²) in [7, 11) is 0. The molecule has 1 aromatic heterocycles. The van der Waals surface area contributed by atoms with Gasteiger partial charge in [0.15, 0.2) is 17.3 Å². The molecule has 1 aromatic carbocycles. The normalized spacial score (nSPS) is 14.0. The fraction of sp³-hybridized carbons (Fsp3) is 0.200. The van der Waals surface area contributed by atoms with E-state index >= 15 is 0 Å². The number of hydrogen-bond donors (Lipinski definition) is 1. The molecule has 3 rings (SSSR count). The summed E-state index contributed by atoms with van der Waals surface area (Å²) in [6.45, 7) is 0.969. The van der Waals surface area contributed by atoms with Crippen LogP contribution in [0.25, 0.3) is 0 Å². The van der Waals surface area contributed by atoms with Crippen LogP contribution in [0, 0.1) is 0 Å². The van der Waals surface area contributed by atoms with Crippen LogP contribution in [0.1, 0.15) is 11.1 Å². The summed E-state index contributed by atoms with van der Waals surface area (Å²) >= 11 is 5.78. The molecular weight excluding hydrogens is 347 g/mol. The number of nitrogens with one attached hydrogen (secondary N) is 1. The van der Waals surface area contributed by atoms with Crippen molar-refractivity contribution in [3.63, 3.8) is 0 Å². The molecule has 1 aliphatic rings. The number of anilines is 1. The van der Waals surface area contributed by atoms with Gasteiger partial charge in [-0.15, -0.1) is 0 Å². The van der Waals surface area contributed by atoms with Gasteiger partial charge in [-0.25, -0.2) is 4.98 Å². The first kappa shape index (κ1) is 16.4. The van der Waals surface area contributed by atoms with Crippen molar-refractivity contribution in [1.29, 1.82) is 0 Å². The molecule has 1 aliphatic heterocycles. The molecule has 2 aromatic rings. The molecule has 0 bridgehead atoms. The molecule has 1 N–H and O–H groups in total. The highest BCUT2D eigenvalue weighted by Crippen LogP contribution is 2.32. The quantitative estimate of drug-likeness (QED) is 0.667. The van der Waals surface area contributed by atoms with Gasteiger partial charge in [-0.05, 0) is 29.8 Å². The number of fused-ring (bicyclic) bond motifs is 1. The summed E-state index contributed by atoms with van der Waals surface area (Å²) in [6.07, 6.45) is -2.34. The molecule has 0 saturated heterocycles. The van der Waals surface area contributed by atoms with Gasteiger partial charge in [0.2, 0.25) is 0 Å². The highest BCUT2D eigenvalue weighted by atomic mass is 35.5. The second-order valence-corrected chi connectivity index (χ2v) is 5.23. The van der Waals surface area contributed by atoms with Gasteiger partial charge >= 0.3 is 6.18 Å². The first-order chi connectivity index (χ1) is 11.4. The van der Waals surface area contributed by atoms with Crippen LogP contribution in [0.2, 0.25) is 5.02 Å². The number of hydrogen-bond acceptors (Lipinski definition) is 5. The highest BCUT2D eigenvalue weighted by Gasteiger charge is 2.31. The average Bonchev–Trinajstić information content (AvgIpc) is 2.55. The maximum atomic E-state index is 12.5. The molecule has 126 valence electrons. The van der Waals surface area contributed by atoms with Crippen molar-refractivity contribution in [1.82, 2.24) is 4.98 Å². The topological polar surface area (TPSA) is 55.7 Å². The number of rotatable bonds is 3. The van der Waals surface area contributed by atoms with Crippen molar-refractivity contribution in [2.45, 2.75) is 6.18 Å². The minimum absolute atomic E-state index is 0.0264. The van der Waals surface area contributed by atoms with Gasteiger partial charge in [0.05, 0.1) is 16.8 Å². The molecule has 0 spiro atoms. The third kappa shape index (κ3) is 3.70. The van der Waals surface area contributed by atoms with E-state index in [0.717, 1.165) is 11.6 Å². The molecule has 0 unspecified atom stereocenters. The number of aromatic nitrogens is 1. The molecule has 5 nitrogen and oxygen atoms in total. The van der Waals surface area contributed by atoms with Crippen LogP contribution in [0.4, 0.5) is 19.0 Å². The van der Waals surface area contributed by atoms with Crippen LogP contribution in [0.15, 0.2) is 35.6 Å². The van der Waals surface area contributed by atoms with Gasteiger partial charge < -0.3 is 9.47 Å². The van der Waals surface area contributed by atoms with Gasteiger partial charge in [0.1, 0.15) is 13.2 Å². The smallest absolute Gasteiger partial charge is 0.417 e. The van der Waals surface area contributed by atoms with Gasteiger partial charge in [-0.3, -0.25) is 5.43 Å². The standard InChI is InChI=1S/C15H11ClF3N3O2/c16-11-6-10(15(17,18)19)8-20-14(11)22-21-7-9-1-2-12-13(5-9)24-4-3-23-12/h1-2,5-8H,3-4H2,(H,20,22). The molecule has 0 aliphatic carbocycles. The summed E-state index contributed by atoms with van der Waals surface area (Å²) in [4.78, 5) is 3.62. The van der Waals surface area contributed by atoms with Crippen LogP contribution in [-0.2, 0) is 6.18 Å². The third-order valence-corrected chi connectivity index (χ3v) is 3.41. The van der Waals surface area contributed by atoms with E-state index < -0.39 is 11.7 Å². The third-order valence-electron chi connectivity index (χ3n) is 3.12. The van der Waals surface area contributed by atoms with E-state index in [9.17, 15) is 13.2 Å². The van der Waals surface area contributed by atoms with Crippen molar-refractivity contribution in [2.75, 3.05) is 18.6 Å². The first-order valence-electron chi connectivity index (χ1n) is 6.85. The zero-order chi connectivity index (χ0) is 17.2. The van der Waals surface area contributed by atoms with Crippen LogP contribution in [0.3, 0.4) is 0 Å². The second kappa shape index (κ2) is 6.56. The van der Waals surface area contributed by atoms with E-state index in [0.29, 0.717) is 30.9 Å². The maximum Gasteiger partial charge on any atom is 0.417 e. The van der Waals surface area contributed by atoms with E-state index in [1.54, 1.807) is 18.2 Å². The monoisotopic (exact) mass is 357 g/mol. The van der Waals surface area contributed by atoms with Gasteiger partial charge in [-0.1, -0.05) is 11.6 Å². The van der Waals surface area contributed by atoms with Crippen LogP contribution < -0.4 is 14.9 Å². The van der Waals surface area contributed by atoms with Crippen molar-refractivity contribution in [3.8, 4) is 11.5 Å². The van der Waals surface area contributed by atoms with Crippen LogP contribution in [-0.4, -0.2) is 24.4 Å². The number of alkyl halides is 3. The Morgan fingerprint density at radius 1 is 1.17 bits per heavy atom. The minimum atomic E-state index is -4.50. The zero-order valence-corrected chi connectivity index (χ0v) is 12.9. The Balaban J connectivity index is 1.70. The lowest BCUT2D eigenvalue weighted by molar-refractivity contribution is -0.137. The number of pyridine rings is 1. The average molecular weight is 358 g/mol. The Morgan fingerprint density at radius 2 is 1.92 bits per heavy atom. The Labute approximate surface area is 140 Å². The lowest BCUT2D eigenvalue weighted by atomic mass is 10.2. The summed E-state index contributed by atoms with van der Waals surface area (Å²) < 4.78 is 48.5. The van der Waals surface area contributed by atoms with Gasteiger partial charge in [0, 0.05) is 6.20 Å². The Morgan fingerprint density at radius 3 is 2.62 bits per heavy atom. The Bertz CT molecular complexity index is 781. The number of ether oxygens (including phenoxy) is 2. The SMILES string of the molecule is FC(F)(F)c1cnc(NN=Cc2ccc3c(c2)OCCO3)c(Cl)c1. The van der Waals surface area contributed by atoms with Crippen LogP contribution in [0.5, 0.6) is 11.5 Å².